The Kier molecular flexibility index (Phi) is 4.87. The van der Waals surface area contributed by atoms with Crippen molar-refractivity contribution in [2.24, 2.45) is 5.92 Å². The number of rotatable bonds is 4. The molecule has 0 saturated heterocycles. The summed E-state index contributed by atoms with van der Waals surface area (Å²) in [7, 11) is 0. The molecule has 10 heteroatoms. The van der Waals surface area contributed by atoms with Gasteiger partial charge in [-0.15, -0.1) is 0 Å². The van der Waals surface area contributed by atoms with Crippen molar-refractivity contribution < 1.29 is 28.9 Å². The maximum absolute atomic E-state index is 14.5. The quantitative estimate of drug-likeness (QED) is 0.372. The molecule has 3 aliphatic rings. The summed E-state index contributed by atoms with van der Waals surface area (Å²) in [5.41, 5.74) is 0.0899. The minimum Gasteiger partial charge on any atom is -0.458 e. The number of carbonyl (C=O) groups is 2. The molecule has 1 fully saturated rings. The summed E-state index contributed by atoms with van der Waals surface area (Å²) in [6.45, 7) is 3.01. The molecule has 3 aromatic rings. The summed E-state index contributed by atoms with van der Waals surface area (Å²) in [4.78, 5) is 43.4. The molecule has 0 radical (unpaired) electrons. The second-order valence-electron chi connectivity index (χ2n) is 9.81. The van der Waals surface area contributed by atoms with Crippen molar-refractivity contribution in [3.63, 3.8) is 0 Å². The molecule has 1 aromatic carbocycles. The van der Waals surface area contributed by atoms with Crippen LogP contribution in [0.4, 0.5) is 10.1 Å². The lowest BCUT2D eigenvalue weighted by atomic mass is 9.86. The van der Waals surface area contributed by atoms with Crippen molar-refractivity contribution in [2.45, 2.75) is 58.0 Å². The predicted molar refractivity (Wildman–Crippen MR) is 127 cm³/mol. The number of amides is 1. The first-order valence-electron chi connectivity index (χ1n) is 11.9. The van der Waals surface area contributed by atoms with Crippen LogP contribution in [-0.4, -0.2) is 37.7 Å². The second-order valence-corrected chi connectivity index (χ2v) is 9.81. The lowest BCUT2D eigenvalue weighted by Gasteiger charge is -2.31. The Morgan fingerprint density at radius 3 is 2.75 bits per heavy atom. The zero-order valence-electron chi connectivity index (χ0n) is 19.7. The topological polar surface area (TPSA) is 131 Å². The van der Waals surface area contributed by atoms with Crippen molar-refractivity contribution in [1.29, 1.82) is 0 Å². The monoisotopic (exact) mass is 493 g/mol. The highest BCUT2D eigenvalue weighted by Crippen LogP contribution is 2.42. The summed E-state index contributed by atoms with van der Waals surface area (Å²) < 4.78 is 21.1. The van der Waals surface area contributed by atoms with Crippen LogP contribution in [0.3, 0.4) is 0 Å². The fraction of sp³-hybridized carbons (Fsp3) is 0.385. The van der Waals surface area contributed by atoms with Gasteiger partial charge in [-0.2, -0.15) is 0 Å². The van der Waals surface area contributed by atoms with Gasteiger partial charge in [-0.1, -0.05) is 6.92 Å². The number of cyclic esters (lactones) is 1. The first-order valence-corrected chi connectivity index (χ1v) is 11.9. The van der Waals surface area contributed by atoms with Gasteiger partial charge in [-0.05, 0) is 49.8 Å². The Hall–Kier alpha value is -3.63. The van der Waals surface area contributed by atoms with Gasteiger partial charge < -0.3 is 24.8 Å². The van der Waals surface area contributed by atoms with Gasteiger partial charge in [0.1, 0.15) is 18.5 Å². The molecule has 6 rings (SSSR count). The van der Waals surface area contributed by atoms with Crippen molar-refractivity contribution >= 4 is 28.5 Å². The van der Waals surface area contributed by atoms with Gasteiger partial charge in [0.25, 0.3) is 11.5 Å². The second kappa shape index (κ2) is 7.68. The molecular weight excluding hydrogens is 469 g/mol. The van der Waals surface area contributed by atoms with Gasteiger partial charge in [0.15, 0.2) is 5.60 Å². The number of aryl methyl sites for hydroxylation is 1. The van der Waals surface area contributed by atoms with E-state index in [0.717, 1.165) is 12.8 Å². The van der Waals surface area contributed by atoms with Crippen LogP contribution in [0.15, 0.2) is 23.0 Å². The smallest absolute Gasteiger partial charge is 0.343 e. The minimum atomic E-state index is -1.98. The molecule has 36 heavy (non-hydrogen) atoms. The summed E-state index contributed by atoms with van der Waals surface area (Å²) in [6.07, 6.45) is 0.361. The van der Waals surface area contributed by atoms with E-state index < -0.39 is 35.0 Å². The average molecular weight is 493 g/mol. The molecular formula is C26H24FN3O6. The van der Waals surface area contributed by atoms with Gasteiger partial charge in [0.05, 0.1) is 34.7 Å². The Balaban J connectivity index is 1.59. The number of esters is 1. The molecule has 0 bridgehead atoms. The van der Waals surface area contributed by atoms with Gasteiger partial charge in [-0.3, -0.25) is 9.59 Å². The van der Waals surface area contributed by atoms with Crippen molar-refractivity contribution in [1.82, 2.24) is 9.55 Å². The Labute approximate surface area is 204 Å². The highest BCUT2D eigenvalue weighted by Gasteiger charge is 2.45. The van der Waals surface area contributed by atoms with Crippen molar-refractivity contribution in [3.05, 3.63) is 56.6 Å². The third kappa shape index (κ3) is 3.14. The SMILES string of the molecule is CC[C@@]1(O)C(=O)OCc2c1cc1n(c2=O)Cc2c-1nc1cc(F)c(C)cc1c2NC(=O)C(O)C1CC1. The third-order valence-corrected chi connectivity index (χ3v) is 7.55. The number of aliphatic hydroxyl groups excluding tert-OH is 1. The van der Waals surface area contributed by atoms with E-state index in [-0.39, 0.29) is 42.1 Å². The highest BCUT2D eigenvalue weighted by molar-refractivity contribution is 6.06. The molecule has 1 aliphatic carbocycles. The van der Waals surface area contributed by atoms with E-state index in [0.29, 0.717) is 33.6 Å². The number of benzene rings is 1. The number of carbonyl (C=O) groups excluding carboxylic acids is 2. The van der Waals surface area contributed by atoms with Crippen molar-refractivity contribution in [2.75, 3.05) is 5.32 Å². The molecule has 9 nitrogen and oxygen atoms in total. The van der Waals surface area contributed by atoms with E-state index in [9.17, 15) is 29.0 Å². The molecule has 4 heterocycles. The van der Waals surface area contributed by atoms with Crippen LogP contribution < -0.4 is 10.9 Å². The van der Waals surface area contributed by atoms with E-state index in [2.05, 4.69) is 10.3 Å². The molecule has 1 saturated carbocycles. The Morgan fingerprint density at radius 2 is 2.06 bits per heavy atom. The van der Waals surface area contributed by atoms with Crippen LogP contribution in [0.2, 0.25) is 0 Å². The average Bonchev–Trinajstić information content (AvgIpc) is 3.64. The number of hydrogen-bond donors (Lipinski definition) is 3. The number of fused-ring (bicyclic) bond motifs is 5. The normalized spacial score (nSPS) is 21.0. The Bertz CT molecular complexity index is 1560. The third-order valence-electron chi connectivity index (χ3n) is 7.55. The van der Waals surface area contributed by atoms with E-state index in [1.54, 1.807) is 26.0 Å². The lowest BCUT2D eigenvalue weighted by molar-refractivity contribution is -0.172. The number of pyridine rings is 2. The lowest BCUT2D eigenvalue weighted by Crippen LogP contribution is -2.44. The summed E-state index contributed by atoms with van der Waals surface area (Å²) in [6, 6.07) is 4.40. The standard InChI is InChI=1S/C26H24FN3O6/c1-3-26(35)16-7-19-21-14(9-30(19)24(33)15(16)10-36-25(26)34)20(29-23(32)22(31)12-4-5-12)13-6-11(2)17(27)8-18(13)28-21/h6-8,12,22,31,35H,3-5,9-10H2,1-2H3,(H,28,29,32)/t22?,26-/m0/s1. The first kappa shape index (κ1) is 22.8. The number of hydrogen-bond acceptors (Lipinski definition) is 7. The summed E-state index contributed by atoms with van der Waals surface area (Å²) in [5.74, 6) is -1.97. The number of nitrogens with zero attached hydrogens (tertiary/aromatic N) is 2. The van der Waals surface area contributed by atoms with Gasteiger partial charge in [0, 0.05) is 22.6 Å². The number of aromatic nitrogens is 2. The van der Waals surface area contributed by atoms with Crippen LogP contribution >= 0.6 is 0 Å². The fourth-order valence-electron chi connectivity index (χ4n) is 5.18. The van der Waals surface area contributed by atoms with E-state index in [1.165, 1.54) is 10.6 Å². The molecule has 1 amide bonds. The summed E-state index contributed by atoms with van der Waals surface area (Å²) in [5, 5.41) is 24.8. The van der Waals surface area contributed by atoms with E-state index in [4.69, 9.17) is 4.74 Å². The predicted octanol–water partition coefficient (Wildman–Crippen LogP) is 2.24. The number of aliphatic hydroxyl groups is 2. The number of ether oxygens (including phenoxy) is 1. The van der Waals surface area contributed by atoms with Gasteiger partial charge in [-0.25, -0.2) is 14.2 Å². The molecule has 2 aliphatic heterocycles. The zero-order chi connectivity index (χ0) is 25.5. The maximum Gasteiger partial charge on any atom is 0.343 e. The maximum atomic E-state index is 14.5. The highest BCUT2D eigenvalue weighted by atomic mass is 19.1. The van der Waals surface area contributed by atoms with Crippen LogP contribution in [0.5, 0.6) is 0 Å². The van der Waals surface area contributed by atoms with Gasteiger partial charge in [0.2, 0.25) is 0 Å². The number of anilines is 1. The van der Waals surface area contributed by atoms with Crippen LogP contribution in [0, 0.1) is 18.7 Å². The minimum absolute atomic E-state index is 0.00455. The molecule has 2 aromatic heterocycles. The molecule has 2 atom stereocenters. The van der Waals surface area contributed by atoms with Gasteiger partial charge >= 0.3 is 5.97 Å². The molecule has 0 spiro atoms. The van der Waals surface area contributed by atoms with E-state index >= 15 is 0 Å². The zero-order valence-corrected chi connectivity index (χ0v) is 19.7. The first-order chi connectivity index (χ1) is 17.1. The van der Waals surface area contributed by atoms with E-state index in [1.807, 2.05) is 0 Å². The molecule has 1 unspecified atom stereocenters. The fourth-order valence-corrected chi connectivity index (χ4v) is 5.18. The number of nitrogens with one attached hydrogen (secondary N) is 1. The van der Waals surface area contributed by atoms with Crippen molar-refractivity contribution in [3.8, 4) is 11.4 Å². The molecule has 186 valence electrons. The largest absolute Gasteiger partial charge is 0.458 e. The van der Waals surface area contributed by atoms with Crippen LogP contribution in [-0.2, 0) is 33.1 Å². The Morgan fingerprint density at radius 1 is 1.31 bits per heavy atom. The number of halogens is 1. The van der Waals surface area contributed by atoms with Crippen LogP contribution in [0.25, 0.3) is 22.3 Å². The summed E-state index contributed by atoms with van der Waals surface area (Å²) >= 11 is 0. The molecule has 3 N–H and O–H groups in total. The van der Waals surface area contributed by atoms with Crippen LogP contribution in [0.1, 0.15) is 48.4 Å².